The summed E-state index contributed by atoms with van der Waals surface area (Å²) in [7, 11) is 12.3. The van der Waals surface area contributed by atoms with E-state index in [1.165, 1.54) is 28.4 Å². The zero-order chi connectivity index (χ0) is 29.2. The first kappa shape index (κ1) is 33.5. The highest BCUT2D eigenvalue weighted by atomic mass is 16.8. The van der Waals surface area contributed by atoms with Crippen molar-refractivity contribution in [2.75, 3.05) is 76.7 Å². The van der Waals surface area contributed by atoms with Gasteiger partial charge in [0, 0.05) is 56.9 Å². The molecule has 14 heteroatoms. The average Bonchev–Trinajstić information content (AvgIpc) is 2.96. The van der Waals surface area contributed by atoms with E-state index < -0.39 is 79.7 Å². The van der Waals surface area contributed by atoms with Crippen LogP contribution >= 0.6 is 0 Å². The Bertz CT molecular complexity index is 742. The number of hydrogen-bond donors (Lipinski definition) is 1. The Morgan fingerprint density at radius 1 is 0.550 bits per heavy atom. The van der Waals surface area contributed by atoms with Crippen LogP contribution in [0.3, 0.4) is 0 Å². The summed E-state index contributed by atoms with van der Waals surface area (Å²) in [6.45, 7) is 0.525. The van der Waals surface area contributed by atoms with Gasteiger partial charge in [0.25, 0.3) is 0 Å². The molecule has 13 atom stereocenters. The lowest BCUT2D eigenvalue weighted by Gasteiger charge is -2.49. The SMILES string of the molecule is COC[C@H]1O[C@H](O[C@H]2[C@H](OC)[C@@H](OC)[C@@H](O[C@H]3[C@H](OC)C=CO[C@@H]3COC)O[C@@H]2COC)[C@H](OC)[C@@H](OC)[C@@H]1O. The highest BCUT2D eigenvalue weighted by molar-refractivity contribution is 5.01. The van der Waals surface area contributed by atoms with E-state index in [0.29, 0.717) is 0 Å². The fraction of sp³-hybridized carbons (Fsp3) is 0.923. The molecule has 0 spiro atoms. The van der Waals surface area contributed by atoms with Crippen LogP contribution in [0.25, 0.3) is 0 Å². The van der Waals surface area contributed by atoms with Gasteiger partial charge in [0.15, 0.2) is 12.6 Å². The van der Waals surface area contributed by atoms with E-state index in [-0.39, 0.29) is 19.8 Å². The summed E-state index contributed by atoms with van der Waals surface area (Å²) in [5.74, 6) is 0. The van der Waals surface area contributed by atoms with Crippen LogP contribution in [0.2, 0.25) is 0 Å². The van der Waals surface area contributed by atoms with Gasteiger partial charge in [-0.15, -0.1) is 0 Å². The summed E-state index contributed by atoms with van der Waals surface area (Å²) in [6.07, 6.45) is -6.11. The average molecular weight is 583 g/mol. The third-order valence-corrected chi connectivity index (χ3v) is 7.36. The minimum atomic E-state index is -1.00. The Labute approximate surface area is 235 Å². The van der Waals surface area contributed by atoms with Gasteiger partial charge >= 0.3 is 0 Å². The lowest BCUT2D eigenvalue weighted by atomic mass is 9.96. The second kappa shape index (κ2) is 16.6. The predicted octanol–water partition coefficient (Wildman–Crippen LogP) is -0.506. The third-order valence-electron chi connectivity index (χ3n) is 7.36. The molecule has 3 heterocycles. The summed E-state index contributed by atoms with van der Waals surface area (Å²) in [5, 5.41) is 10.8. The van der Waals surface area contributed by atoms with Crippen LogP contribution in [0, 0.1) is 0 Å². The van der Waals surface area contributed by atoms with Crippen LogP contribution in [0.15, 0.2) is 12.3 Å². The molecule has 0 radical (unpaired) electrons. The smallest absolute Gasteiger partial charge is 0.187 e. The van der Waals surface area contributed by atoms with Gasteiger partial charge in [0.05, 0.1) is 26.1 Å². The molecular weight excluding hydrogens is 536 g/mol. The van der Waals surface area contributed by atoms with Gasteiger partial charge in [-0.3, -0.25) is 0 Å². The lowest BCUT2D eigenvalue weighted by molar-refractivity contribution is -0.373. The van der Waals surface area contributed by atoms with E-state index >= 15 is 0 Å². The van der Waals surface area contributed by atoms with Crippen molar-refractivity contribution in [3.63, 3.8) is 0 Å². The molecular formula is C26H46O14. The number of methoxy groups -OCH3 is 8. The van der Waals surface area contributed by atoms with Crippen molar-refractivity contribution < 1.29 is 66.7 Å². The molecule has 3 aliphatic rings. The van der Waals surface area contributed by atoms with Gasteiger partial charge in [-0.25, -0.2) is 0 Å². The van der Waals surface area contributed by atoms with E-state index in [1.807, 2.05) is 0 Å². The van der Waals surface area contributed by atoms with E-state index in [1.54, 1.807) is 40.8 Å². The first-order valence-electron chi connectivity index (χ1n) is 13.2. The van der Waals surface area contributed by atoms with E-state index in [9.17, 15) is 5.11 Å². The first-order valence-corrected chi connectivity index (χ1v) is 13.2. The van der Waals surface area contributed by atoms with Crippen molar-refractivity contribution in [1.29, 1.82) is 0 Å². The maximum atomic E-state index is 10.8. The van der Waals surface area contributed by atoms with Crippen molar-refractivity contribution in [3.05, 3.63) is 12.3 Å². The molecule has 0 aromatic rings. The topological polar surface area (TPSA) is 140 Å². The molecule has 40 heavy (non-hydrogen) atoms. The number of ether oxygens (including phenoxy) is 13. The second-order valence-electron chi connectivity index (χ2n) is 9.65. The Kier molecular flexibility index (Phi) is 13.9. The molecule has 2 saturated heterocycles. The molecule has 0 saturated carbocycles. The maximum absolute atomic E-state index is 10.8. The minimum absolute atomic E-state index is 0.117. The van der Waals surface area contributed by atoms with Crippen LogP contribution < -0.4 is 0 Å². The fourth-order valence-electron chi connectivity index (χ4n) is 5.40. The van der Waals surface area contributed by atoms with Gasteiger partial charge in [0.2, 0.25) is 0 Å². The van der Waals surface area contributed by atoms with Gasteiger partial charge in [-0.05, 0) is 6.08 Å². The lowest BCUT2D eigenvalue weighted by Crippen LogP contribution is -2.66. The molecule has 234 valence electrons. The molecule has 14 nitrogen and oxygen atoms in total. The van der Waals surface area contributed by atoms with Gasteiger partial charge in [-0.1, -0.05) is 0 Å². The van der Waals surface area contributed by atoms with Crippen LogP contribution in [-0.4, -0.2) is 162 Å². The van der Waals surface area contributed by atoms with E-state index in [0.717, 1.165) is 0 Å². The van der Waals surface area contributed by atoms with E-state index in [2.05, 4.69) is 0 Å². The van der Waals surface area contributed by atoms with Crippen molar-refractivity contribution >= 4 is 0 Å². The van der Waals surface area contributed by atoms with Crippen molar-refractivity contribution in [1.82, 2.24) is 0 Å². The van der Waals surface area contributed by atoms with Crippen molar-refractivity contribution in [2.24, 2.45) is 0 Å². The van der Waals surface area contributed by atoms with Crippen LogP contribution in [0.5, 0.6) is 0 Å². The second-order valence-corrected chi connectivity index (χ2v) is 9.65. The number of hydrogen-bond acceptors (Lipinski definition) is 14. The zero-order valence-corrected chi connectivity index (χ0v) is 24.5. The number of aliphatic hydroxyl groups excluding tert-OH is 1. The number of aliphatic hydroxyl groups is 1. The molecule has 0 aliphatic carbocycles. The van der Waals surface area contributed by atoms with Crippen LogP contribution in [0.4, 0.5) is 0 Å². The standard InChI is InChI=1S/C26H46O14/c1-28-11-15-18(27)21(32-5)23(34-7)25(37-15)40-20-17(13-30-3)38-26(24(35-8)22(20)33-6)39-19-14(31-4)9-10-36-16(19)12-29-2/h9-10,14-27H,11-13H2,1-8H3/t14-,15-,16-,17-,18-,19+,20-,21+,22+,23-,24-,25-,26-/m1/s1. The quantitative estimate of drug-likeness (QED) is 0.265. The molecule has 0 amide bonds. The van der Waals surface area contributed by atoms with Gasteiger partial charge in [-0.2, -0.15) is 0 Å². The van der Waals surface area contributed by atoms with E-state index in [4.69, 9.17) is 61.6 Å². The summed E-state index contributed by atoms with van der Waals surface area (Å²) in [4.78, 5) is 0. The molecule has 0 bridgehead atoms. The molecule has 0 aromatic heterocycles. The molecule has 0 aromatic carbocycles. The van der Waals surface area contributed by atoms with Crippen molar-refractivity contribution in [2.45, 2.75) is 79.7 Å². The largest absolute Gasteiger partial charge is 0.493 e. The summed E-state index contributed by atoms with van der Waals surface area (Å²) < 4.78 is 75.9. The summed E-state index contributed by atoms with van der Waals surface area (Å²) >= 11 is 0. The molecule has 1 N–H and O–H groups in total. The number of rotatable bonds is 15. The fourth-order valence-corrected chi connectivity index (χ4v) is 5.40. The Morgan fingerprint density at radius 3 is 1.60 bits per heavy atom. The summed E-state index contributed by atoms with van der Waals surface area (Å²) in [5.41, 5.74) is 0. The van der Waals surface area contributed by atoms with Gasteiger partial charge in [0.1, 0.15) is 67.1 Å². The molecule has 0 unspecified atom stereocenters. The maximum Gasteiger partial charge on any atom is 0.187 e. The zero-order valence-electron chi connectivity index (χ0n) is 24.5. The monoisotopic (exact) mass is 582 g/mol. The van der Waals surface area contributed by atoms with Crippen molar-refractivity contribution in [3.8, 4) is 0 Å². The third kappa shape index (κ3) is 7.50. The first-order chi connectivity index (χ1) is 19.4. The normalized spacial score (nSPS) is 42.1. The Morgan fingerprint density at radius 2 is 1.05 bits per heavy atom. The van der Waals surface area contributed by atoms with Crippen LogP contribution in [-0.2, 0) is 61.6 Å². The Balaban J connectivity index is 1.87. The highest BCUT2D eigenvalue weighted by Crippen LogP contribution is 2.35. The highest BCUT2D eigenvalue weighted by Gasteiger charge is 2.54. The molecule has 3 aliphatic heterocycles. The Hall–Kier alpha value is -0.980. The van der Waals surface area contributed by atoms with Gasteiger partial charge < -0.3 is 66.7 Å². The predicted molar refractivity (Wildman–Crippen MR) is 137 cm³/mol. The molecule has 3 rings (SSSR count). The molecule has 2 fully saturated rings. The minimum Gasteiger partial charge on any atom is -0.493 e. The van der Waals surface area contributed by atoms with Crippen LogP contribution in [0.1, 0.15) is 0 Å². The summed E-state index contributed by atoms with van der Waals surface area (Å²) in [6, 6.07) is 0.